The molecule has 0 spiro atoms. The molecule has 2 rings (SSSR count). The lowest BCUT2D eigenvalue weighted by Crippen LogP contribution is -2.46. The van der Waals surface area contributed by atoms with Gasteiger partial charge in [-0.05, 0) is 25.9 Å². The fourth-order valence-electron chi connectivity index (χ4n) is 1.85. The predicted octanol–water partition coefficient (Wildman–Crippen LogP) is 1.09. The minimum absolute atomic E-state index is 0.695. The zero-order valence-electron chi connectivity index (χ0n) is 6.88. The zero-order valence-corrected chi connectivity index (χ0v) is 7.70. The third-order valence-electron chi connectivity index (χ3n) is 2.53. The summed E-state index contributed by atoms with van der Waals surface area (Å²) in [6.07, 6.45) is 4.95. The van der Waals surface area contributed by atoms with Crippen molar-refractivity contribution in [2.45, 2.75) is 25.4 Å². The predicted molar refractivity (Wildman–Crippen MR) is 49.7 cm³/mol. The first-order valence-electron chi connectivity index (χ1n) is 4.52. The van der Waals surface area contributed by atoms with Crippen molar-refractivity contribution in [2.24, 2.45) is 0 Å². The molecule has 0 amide bonds. The first-order chi connectivity index (χ1) is 5.47. The average molecular weight is 172 g/mol. The highest BCUT2D eigenvalue weighted by atomic mass is 32.2. The summed E-state index contributed by atoms with van der Waals surface area (Å²) in [6, 6.07) is 0. The Bertz CT molecular complexity index is 117. The maximum Gasteiger partial charge on any atom is 0.0697 e. The molecule has 2 aliphatic heterocycles. The molecule has 1 atom stereocenters. The first-order valence-corrected chi connectivity index (χ1v) is 5.67. The van der Waals surface area contributed by atoms with Crippen LogP contribution in [0.2, 0.25) is 0 Å². The maximum absolute atomic E-state index is 3.52. The second-order valence-corrected chi connectivity index (χ2v) is 4.36. The first kappa shape index (κ1) is 7.90. The molecule has 0 radical (unpaired) electrons. The van der Waals surface area contributed by atoms with E-state index in [9.17, 15) is 0 Å². The molecule has 64 valence electrons. The third-order valence-corrected chi connectivity index (χ3v) is 3.45. The molecule has 0 bridgehead atoms. The molecule has 1 N–H and O–H groups in total. The molecule has 2 nitrogen and oxygen atoms in total. The number of hydrogen-bond donors (Lipinski definition) is 1. The monoisotopic (exact) mass is 172 g/mol. The van der Waals surface area contributed by atoms with Crippen molar-refractivity contribution in [1.82, 2.24) is 10.2 Å². The van der Waals surface area contributed by atoms with Gasteiger partial charge in [-0.2, -0.15) is 0 Å². The highest BCUT2D eigenvalue weighted by Gasteiger charge is 2.22. The molecule has 3 heteroatoms. The smallest absolute Gasteiger partial charge is 0.0697 e. The van der Waals surface area contributed by atoms with Crippen LogP contribution < -0.4 is 5.32 Å². The van der Waals surface area contributed by atoms with Crippen LogP contribution in [0.3, 0.4) is 0 Å². The Morgan fingerprint density at radius 2 is 2.00 bits per heavy atom. The minimum Gasteiger partial charge on any atom is -0.292 e. The van der Waals surface area contributed by atoms with Gasteiger partial charge in [0.15, 0.2) is 0 Å². The van der Waals surface area contributed by atoms with Crippen LogP contribution in [0.15, 0.2) is 0 Å². The Morgan fingerprint density at radius 3 is 2.64 bits per heavy atom. The average Bonchev–Trinajstić information content (AvgIpc) is 2.58. The van der Waals surface area contributed by atoms with E-state index >= 15 is 0 Å². The van der Waals surface area contributed by atoms with E-state index in [2.05, 4.69) is 10.2 Å². The number of thioether (sulfide) groups is 1. The van der Waals surface area contributed by atoms with Gasteiger partial charge in [0.25, 0.3) is 0 Å². The summed E-state index contributed by atoms with van der Waals surface area (Å²) in [4.78, 5) is 2.60. The fraction of sp³-hybridized carbons (Fsp3) is 1.00. The Balaban J connectivity index is 1.82. The van der Waals surface area contributed by atoms with Gasteiger partial charge in [0.05, 0.1) is 6.17 Å². The lowest BCUT2D eigenvalue weighted by Gasteiger charge is -2.31. The molecule has 2 fully saturated rings. The Kier molecular flexibility index (Phi) is 2.72. The van der Waals surface area contributed by atoms with Crippen LogP contribution in [0.1, 0.15) is 19.3 Å². The maximum atomic E-state index is 3.52. The fourth-order valence-corrected chi connectivity index (χ4v) is 2.83. The SMILES string of the molecule is C1CCN(C2CSCN2)CC1. The standard InChI is InChI=1S/C8H16N2S/c1-2-4-10(5-3-1)8-6-11-7-9-8/h8-9H,1-7H2. The van der Waals surface area contributed by atoms with Crippen LogP contribution in [-0.2, 0) is 0 Å². The topological polar surface area (TPSA) is 15.3 Å². The van der Waals surface area contributed by atoms with E-state index in [1.807, 2.05) is 11.8 Å². The van der Waals surface area contributed by atoms with E-state index in [1.165, 1.54) is 38.1 Å². The summed E-state index contributed by atoms with van der Waals surface area (Å²) in [7, 11) is 0. The van der Waals surface area contributed by atoms with Crippen LogP contribution in [0.5, 0.6) is 0 Å². The van der Waals surface area contributed by atoms with Crippen molar-refractivity contribution < 1.29 is 0 Å². The summed E-state index contributed by atoms with van der Waals surface area (Å²) in [5, 5.41) is 3.52. The van der Waals surface area contributed by atoms with Gasteiger partial charge < -0.3 is 0 Å². The van der Waals surface area contributed by atoms with Crippen LogP contribution in [0.25, 0.3) is 0 Å². The van der Waals surface area contributed by atoms with Gasteiger partial charge in [0, 0.05) is 11.6 Å². The minimum atomic E-state index is 0.695. The molecule has 0 aromatic heterocycles. The van der Waals surface area contributed by atoms with E-state index in [4.69, 9.17) is 0 Å². The molecule has 2 aliphatic rings. The molecule has 0 aliphatic carbocycles. The van der Waals surface area contributed by atoms with Gasteiger partial charge >= 0.3 is 0 Å². The quantitative estimate of drug-likeness (QED) is 0.637. The normalized spacial score (nSPS) is 34.4. The lowest BCUT2D eigenvalue weighted by molar-refractivity contribution is 0.161. The van der Waals surface area contributed by atoms with E-state index < -0.39 is 0 Å². The van der Waals surface area contributed by atoms with Crippen molar-refractivity contribution in [3.05, 3.63) is 0 Å². The summed E-state index contributed by atoms with van der Waals surface area (Å²) in [5.41, 5.74) is 0. The molecule has 1 unspecified atom stereocenters. The van der Waals surface area contributed by atoms with Gasteiger partial charge in [-0.15, -0.1) is 11.8 Å². The molecule has 2 saturated heterocycles. The van der Waals surface area contributed by atoms with E-state index in [1.54, 1.807) is 0 Å². The zero-order chi connectivity index (χ0) is 7.52. The molecule has 11 heavy (non-hydrogen) atoms. The highest BCUT2D eigenvalue weighted by molar-refractivity contribution is 7.99. The number of rotatable bonds is 1. The number of piperidine rings is 1. The number of hydrogen-bond acceptors (Lipinski definition) is 3. The molecule has 0 aromatic rings. The molecular formula is C8H16N2S. The molecular weight excluding hydrogens is 156 g/mol. The number of nitrogens with one attached hydrogen (secondary N) is 1. The van der Waals surface area contributed by atoms with E-state index in [-0.39, 0.29) is 0 Å². The Labute approximate surface area is 72.7 Å². The van der Waals surface area contributed by atoms with Crippen LogP contribution >= 0.6 is 11.8 Å². The van der Waals surface area contributed by atoms with E-state index in [0.29, 0.717) is 6.17 Å². The van der Waals surface area contributed by atoms with Crippen molar-refractivity contribution in [3.63, 3.8) is 0 Å². The summed E-state index contributed by atoms with van der Waals surface area (Å²) < 4.78 is 0. The van der Waals surface area contributed by atoms with Gasteiger partial charge in [-0.25, -0.2) is 0 Å². The highest BCUT2D eigenvalue weighted by Crippen LogP contribution is 2.17. The second-order valence-electron chi connectivity index (χ2n) is 3.33. The van der Waals surface area contributed by atoms with Crippen molar-refractivity contribution in [2.75, 3.05) is 24.7 Å². The van der Waals surface area contributed by atoms with Crippen LogP contribution in [0.4, 0.5) is 0 Å². The van der Waals surface area contributed by atoms with Crippen molar-refractivity contribution in [1.29, 1.82) is 0 Å². The van der Waals surface area contributed by atoms with Gasteiger partial charge in [0.2, 0.25) is 0 Å². The summed E-state index contributed by atoms with van der Waals surface area (Å²) >= 11 is 2.02. The lowest BCUT2D eigenvalue weighted by atomic mass is 10.1. The molecule has 2 heterocycles. The van der Waals surface area contributed by atoms with Crippen molar-refractivity contribution in [3.8, 4) is 0 Å². The van der Waals surface area contributed by atoms with Gasteiger partial charge in [0.1, 0.15) is 0 Å². The molecule has 0 saturated carbocycles. The largest absolute Gasteiger partial charge is 0.292 e. The van der Waals surface area contributed by atoms with E-state index in [0.717, 1.165) is 5.88 Å². The van der Waals surface area contributed by atoms with Crippen LogP contribution in [0, 0.1) is 0 Å². The van der Waals surface area contributed by atoms with Crippen LogP contribution in [-0.4, -0.2) is 35.8 Å². The third kappa shape index (κ3) is 1.89. The number of nitrogens with zero attached hydrogens (tertiary/aromatic N) is 1. The van der Waals surface area contributed by atoms with Gasteiger partial charge in [-0.3, -0.25) is 10.2 Å². The Hall–Kier alpha value is 0.270. The summed E-state index contributed by atoms with van der Waals surface area (Å²) in [5.74, 6) is 2.45. The Morgan fingerprint density at radius 1 is 1.18 bits per heavy atom. The van der Waals surface area contributed by atoms with Crippen molar-refractivity contribution >= 4 is 11.8 Å². The second kappa shape index (κ2) is 3.78. The molecule has 0 aromatic carbocycles. The summed E-state index contributed by atoms with van der Waals surface area (Å²) in [6.45, 7) is 2.64. The number of likely N-dealkylation sites (tertiary alicyclic amines) is 1. The van der Waals surface area contributed by atoms with Gasteiger partial charge in [-0.1, -0.05) is 6.42 Å².